The second-order valence-electron chi connectivity index (χ2n) is 3.44. The summed E-state index contributed by atoms with van der Waals surface area (Å²) in [6.07, 6.45) is 4.46. The van der Waals surface area contributed by atoms with Crippen molar-refractivity contribution in [1.29, 1.82) is 0 Å². The molecule has 0 bridgehead atoms. The van der Waals surface area contributed by atoms with E-state index in [1.807, 2.05) is 13.0 Å². The maximum absolute atomic E-state index is 11.2. The van der Waals surface area contributed by atoms with Gasteiger partial charge in [0.2, 0.25) is 0 Å². The first-order valence-corrected chi connectivity index (χ1v) is 4.85. The minimum atomic E-state index is 0.281. The zero-order chi connectivity index (χ0) is 9.56. The Bertz CT molecular complexity index is 166. The molecule has 0 aromatic rings. The molecule has 0 rings (SSSR count). The van der Waals surface area contributed by atoms with E-state index in [0.29, 0.717) is 12.3 Å². The number of hydrogen-bond donors (Lipinski definition) is 0. The predicted octanol–water partition coefficient (Wildman–Crippen LogP) is 3.35. The van der Waals surface area contributed by atoms with Crippen molar-refractivity contribution < 1.29 is 4.79 Å². The van der Waals surface area contributed by atoms with Gasteiger partial charge in [0.05, 0.1) is 0 Å². The first kappa shape index (κ1) is 11.4. The fraction of sp³-hybridized carbons (Fsp3) is 0.727. The van der Waals surface area contributed by atoms with Crippen LogP contribution in [0, 0.1) is 5.92 Å². The first-order chi connectivity index (χ1) is 5.61. The van der Waals surface area contributed by atoms with Crippen LogP contribution in [0.15, 0.2) is 11.6 Å². The lowest BCUT2D eigenvalue weighted by Crippen LogP contribution is -1.98. The van der Waals surface area contributed by atoms with E-state index in [1.165, 1.54) is 5.57 Å². The van der Waals surface area contributed by atoms with Crippen molar-refractivity contribution in [3.05, 3.63) is 11.6 Å². The molecule has 0 saturated heterocycles. The molecule has 0 unspecified atom stereocenters. The zero-order valence-corrected chi connectivity index (χ0v) is 8.68. The molecule has 1 nitrogen and oxygen atoms in total. The summed E-state index contributed by atoms with van der Waals surface area (Å²) in [5.74, 6) is 0.791. The summed E-state index contributed by atoms with van der Waals surface area (Å²) in [7, 11) is 0. The molecule has 0 N–H and O–H groups in total. The van der Waals surface area contributed by atoms with Crippen LogP contribution >= 0.6 is 0 Å². The van der Waals surface area contributed by atoms with Gasteiger partial charge in [-0.3, -0.25) is 4.79 Å². The van der Waals surface area contributed by atoms with E-state index in [0.717, 1.165) is 12.8 Å². The number of hydrogen-bond acceptors (Lipinski definition) is 1. The molecule has 0 radical (unpaired) electrons. The van der Waals surface area contributed by atoms with Gasteiger partial charge in [-0.05, 0) is 24.8 Å². The second-order valence-corrected chi connectivity index (χ2v) is 3.44. The van der Waals surface area contributed by atoms with Gasteiger partial charge in [0, 0.05) is 6.42 Å². The molecule has 12 heavy (non-hydrogen) atoms. The molecule has 0 atom stereocenters. The van der Waals surface area contributed by atoms with Crippen LogP contribution in [-0.4, -0.2) is 5.78 Å². The van der Waals surface area contributed by atoms with E-state index < -0.39 is 0 Å². The van der Waals surface area contributed by atoms with Crippen LogP contribution in [0.2, 0.25) is 0 Å². The largest absolute Gasteiger partial charge is 0.295 e. The SMILES string of the molecule is CCCC(=O)C=C(CC)C(C)C. The Morgan fingerprint density at radius 1 is 1.33 bits per heavy atom. The van der Waals surface area contributed by atoms with E-state index in [1.54, 1.807) is 0 Å². The normalized spacial score (nSPS) is 12.2. The Labute approximate surface area is 75.9 Å². The van der Waals surface area contributed by atoms with Crippen LogP contribution in [0.4, 0.5) is 0 Å². The van der Waals surface area contributed by atoms with Crippen molar-refractivity contribution in [3.8, 4) is 0 Å². The van der Waals surface area contributed by atoms with Crippen LogP contribution in [0.25, 0.3) is 0 Å². The van der Waals surface area contributed by atoms with Crippen LogP contribution in [0.5, 0.6) is 0 Å². The summed E-state index contributed by atoms with van der Waals surface area (Å²) in [6, 6.07) is 0. The number of carbonyl (C=O) groups excluding carboxylic acids is 1. The summed E-state index contributed by atoms with van der Waals surface area (Å²) in [5.41, 5.74) is 1.27. The molecule has 0 spiro atoms. The smallest absolute Gasteiger partial charge is 0.155 e. The summed E-state index contributed by atoms with van der Waals surface area (Å²) in [6.45, 7) is 8.40. The Morgan fingerprint density at radius 3 is 2.25 bits per heavy atom. The van der Waals surface area contributed by atoms with E-state index >= 15 is 0 Å². The van der Waals surface area contributed by atoms with Crippen molar-refractivity contribution in [3.63, 3.8) is 0 Å². The number of rotatable bonds is 5. The predicted molar refractivity (Wildman–Crippen MR) is 53.1 cm³/mol. The second kappa shape index (κ2) is 5.99. The van der Waals surface area contributed by atoms with E-state index in [-0.39, 0.29) is 5.78 Å². The third-order valence-corrected chi connectivity index (χ3v) is 1.99. The molecule has 0 fully saturated rings. The molecule has 0 amide bonds. The molecule has 0 aliphatic heterocycles. The van der Waals surface area contributed by atoms with Crippen LogP contribution in [-0.2, 0) is 4.79 Å². The van der Waals surface area contributed by atoms with E-state index in [4.69, 9.17) is 0 Å². The van der Waals surface area contributed by atoms with E-state index in [2.05, 4.69) is 20.8 Å². The Kier molecular flexibility index (Phi) is 5.69. The van der Waals surface area contributed by atoms with Crippen molar-refractivity contribution >= 4 is 5.78 Å². The zero-order valence-electron chi connectivity index (χ0n) is 8.68. The van der Waals surface area contributed by atoms with Gasteiger partial charge in [0.25, 0.3) is 0 Å². The average Bonchev–Trinajstić information content (AvgIpc) is 2.00. The molecular formula is C11H20O. The molecule has 0 saturated carbocycles. The van der Waals surface area contributed by atoms with Gasteiger partial charge in [-0.1, -0.05) is 33.3 Å². The fourth-order valence-electron chi connectivity index (χ4n) is 1.20. The standard InChI is InChI=1S/C11H20O/c1-5-7-11(12)8-10(6-2)9(3)4/h8-9H,5-7H2,1-4H3. The van der Waals surface area contributed by atoms with E-state index in [9.17, 15) is 4.79 Å². The lowest BCUT2D eigenvalue weighted by Gasteiger charge is -2.07. The summed E-state index contributed by atoms with van der Waals surface area (Å²) < 4.78 is 0. The Balaban J connectivity index is 4.18. The molecule has 0 aliphatic rings. The Hall–Kier alpha value is -0.590. The highest BCUT2D eigenvalue weighted by Crippen LogP contribution is 2.13. The minimum Gasteiger partial charge on any atom is -0.295 e. The molecule has 70 valence electrons. The lowest BCUT2D eigenvalue weighted by molar-refractivity contribution is -0.114. The Morgan fingerprint density at radius 2 is 1.92 bits per heavy atom. The van der Waals surface area contributed by atoms with Gasteiger partial charge in [-0.15, -0.1) is 0 Å². The maximum atomic E-state index is 11.2. The number of allylic oxidation sites excluding steroid dienone is 2. The van der Waals surface area contributed by atoms with Crippen molar-refractivity contribution in [2.24, 2.45) is 5.92 Å². The van der Waals surface area contributed by atoms with Gasteiger partial charge in [0.1, 0.15) is 0 Å². The van der Waals surface area contributed by atoms with Gasteiger partial charge < -0.3 is 0 Å². The molecule has 0 heterocycles. The van der Waals surface area contributed by atoms with Crippen molar-refractivity contribution in [2.45, 2.75) is 47.0 Å². The summed E-state index contributed by atoms with van der Waals surface area (Å²) in [4.78, 5) is 11.2. The van der Waals surface area contributed by atoms with Crippen LogP contribution in [0.3, 0.4) is 0 Å². The average molecular weight is 168 g/mol. The monoisotopic (exact) mass is 168 g/mol. The van der Waals surface area contributed by atoms with Gasteiger partial charge >= 0.3 is 0 Å². The van der Waals surface area contributed by atoms with Crippen LogP contribution in [0.1, 0.15) is 47.0 Å². The first-order valence-electron chi connectivity index (χ1n) is 4.85. The number of ketones is 1. The van der Waals surface area contributed by atoms with Crippen molar-refractivity contribution in [1.82, 2.24) is 0 Å². The van der Waals surface area contributed by atoms with Crippen molar-refractivity contribution in [2.75, 3.05) is 0 Å². The topological polar surface area (TPSA) is 17.1 Å². The minimum absolute atomic E-state index is 0.281. The van der Waals surface area contributed by atoms with Gasteiger partial charge in [-0.25, -0.2) is 0 Å². The third kappa shape index (κ3) is 4.32. The molecular weight excluding hydrogens is 148 g/mol. The molecule has 1 heteroatoms. The van der Waals surface area contributed by atoms with Gasteiger partial charge in [-0.2, -0.15) is 0 Å². The molecule has 0 aliphatic carbocycles. The summed E-state index contributed by atoms with van der Waals surface area (Å²) >= 11 is 0. The highest BCUT2D eigenvalue weighted by molar-refractivity contribution is 5.90. The van der Waals surface area contributed by atoms with Crippen LogP contribution < -0.4 is 0 Å². The third-order valence-electron chi connectivity index (χ3n) is 1.99. The lowest BCUT2D eigenvalue weighted by atomic mass is 9.98. The quantitative estimate of drug-likeness (QED) is 0.575. The number of carbonyl (C=O) groups is 1. The highest BCUT2D eigenvalue weighted by Gasteiger charge is 2.03. The fourth-order valence-corrected chi connectivity index (χ4v) is 1.20. The maximum Gasteiger partial charge on any atom is 0.155 e. The molecule has 0 aromatic carbocycles. The molecule has 0 aromatic heterocycles. The van der Waals surface area contributed by atoms with Gasteiger partial charge in [0.15, 0.2) is 5.78 Å². The summed E-state index contributed by atoms with van der Waals surface area (Å²) in [5, 5.41) is 0. The highest BCUT2D eigenvalue weighted by atomic mass is 16.1.